The molecule has 0 spiro atoms. The van der Waals surface area contributed by atoms with E-state index in [2.05, 4.69) is 22.4 Å². The van der Waals surface area contributed by atoms with E-state index >= 15 is 0 Å². The second-order valence-corrected chi connectivity index (χ2v) is 9.14. The van der Waals surface area contributed by atoms with Gasteiger partial charge in [-0.2, -0.15) is 0 Å². The van der Waals surface area contributed by atoms with E-state index in [4.69, 9.17) is 0 Å². The van der Waals surface area contributed by atoms with Gasteiger partial charge in [-0.05, 0) is 54.5 Å². The normalized spacial score (nSPS) is 22.2. The molecule has 1 fully saturated rings. The summed E-state index contributed by atoms with van der Waals surface area (Å²) < 4.78 is 0. The molecule has 33 heavy (non-hydrogen) atoms. The molecule has 0 radical (unpaired) electrons. The summed E-state index contributed by atoms with van der Waals surface area (Å²) in [5.41, 5.74) is 5.33. The Kier molecular flexibility index (Phi) is 4.83. The standard InChI is InChI=1S/C28H25N3O2/c32-25-16-21(18-7-2-1-3-8-18)15-23-26(25)27(20-9-6-14-29-17-20)31(28(33)19-12-13-19)24-11-5-4-10-22(24)30-23/h1-11,14,17,19,21,27,30H,12-13,15-16H2/t21-,27+/m1/s1. The molecule has 0 unspecified atom stereocenters. The summed E-state index contributed by atoms with van der Waals surface area (Å²) in [6, 6.07) is 21.5. The number of anilines is 2. The number of nitrogens with zero attached hydrogens (tertiary/aromatic N) is 2. The minimum Gasteiger partial charge on any atom is -0.357 e. The van der Waals surface area contributed by atoms with Gasteiger partial charge in [0.1, 0.15) is 0 Å². The number of ketones is 1. The maximum absolute atomic E-state index is 13.8. The predicted molar refractivity (Wildman–Crippen MR) is 128 cm³/mol. The number of rotatable bonds is 3. The molecular formula is C28H25N3O2. The molecule has 5 heteroatoms. The number of Topliss-reactive ketones (excluding diaryl/α,β-unsaturated/α-hetero) is 1. The molecule has 1 amide bonds. The molecule has 3 aromatic rings. The van der Waals surface area contributed by atoms with Crippen molar-refractivity contribution in [3.8, 4) is 0 Å². The van der Waals surface area contributed by atoms with Gasteiger partial charge in [-0.3, -0.25) is 19.5 Å². The van der Waals surface area contributed by atoms with E-state index in [1.807, 2.05) is 59.5 Å². The number of allylic oxidation sites excluding steroid dienone is 1. The van der Waals surface area contributed by atoms with Gasteiger partial charge in [-0.1, -0.05) is 48.5 Å². The number of carbonyl (C=O) groups excluding carboxylic acids is 2. The van der Waals surface area contributed by atoms with Crippen molar-refractivity contribution in [2.75, 3.05) is 10.2 Å². The van der Waals surface area contributed by atoms with Crippen LogP contribution in [0, 0.1) is 5.92 Å². The van der Waals surface area contributed by atoms with Crippen molar-refractivity contribution in [3.63, 3.8) is 0 Å². The van der Waals surface area contributed by atoms with Crippen molar-refractivity contribution in [2.24, 2.45) is 5.92 Å². The topological polar surface area (TPSA) is 62.3 Å². The molecule has 1 aliphatic heterocycles. The highest BCUT2D eigenvalue weighted by molar-refractivity contribution is 6.07. The molecule has 5 nitrogen and oxygen atoms in total. The van der Waals surface area contributed by atoms with E-state index in [0.29, 0.717) is 12.0 Å². The lowest BCUT2D eigenvalue weighted by Gasteiger charge is -2.35. The van der Waals surface area contributed by atoms with Gasteiger partial charge in [0.15, 0.2) is 5.78 Å². The minimum atomic E-state index is -0.484. The second kappa shape index (κ2) is 8.00. The lowest BCUT2D eigenvalue weighted by molar-refractivity contribution is -0.120. The summed E-state index contributed by atoms with van der Waals surface area (Å²) in [7, 11) is 0. The number of para-hydroxylation sites is 2. The first kappa shape index (κ1) is 19.9. The molecule has 0 saturated heterocycles. The molecule has 1 saturated carbocycles. The number of pyridine rings is 1. The van der Waals surface area contributed by atoms with Gasteiger partial charge in [-0.15, -0.1) is 0 Å². The zero-order valence-electron chi connectivity index (χ0n) is 18.3. The summed E-state index contributed by atoms with van der Waals surface area (Å²) in [5.74, 6) is 0.310. The molecule has 2 aliphatic carbocycles. The number of amides is 1. The Hall–Kier alpha value is -3.73. The van der Waals surface area contributed by atoms with Gasteiger partial charge in [0.25, 0.3) is 0 Å². The maximum Gasteiger partial charge on any atom is 0.231 e. The van der Waals surface area contributed by atoms with Crippen LogP contribution in [0.1, 0.15) is 48.8 Å². The van der Waals surface area contributed by atoms with Crippen molar-refractivity contribution in [1.82, 2.24) is 4.98 Å². The lowest BCUT2D eigenvalue weighted by atomic mass is 9.78. The Bertz CT molecular complexity index is 1250. The number of nitrogens with one attached hydrogen (secondary N) is 1. The third-order valence-electron chi connectivity index (χ3n) is 6.92. The monoisotopic (exact) mass is 435 g/mol. The third kappa shape index (κ3) is 3.54. The quantitative estimate of drug-likeness (QED) is 0.599. The van der Waals surface area contributed by atoms with Gasteiger partial charge in [-0.25, -0.2) is 0 Å². The first-order valence-electron chi connectivity index (χ1n) is 11.6. The average molecular weight is 436 g/mol. The van der Waals surface area contributed by atoms with Crippen LogP contribution in [0.5, 0.6) is 0 Å². The Morgan fingerprint density at radius 1 is 0.909 bits per heavy atom. The van der Waals surface area contributed by atoms with Gasteiger partial charge in [0.2, 0.25) is 5.91 Å². The summed E-state index contributed by atoms with van der Waals surface area (Å²) >= 11 is 0. The Morgan fingerprint density at radius 3 is 2.42 bits per heavy atom. The maximum atomic E-state index is 13.8. The Labute approximate surface area is 193 Å². The number of benzene rings is 2. The predicted octanol–water partition coefficient (Wildman–Crippen LogP) is 5.39. The average Bonchev–Trinajstić information content (AvgIpc) is 3.71. The fourth-order valence-corrected chi connectivity index (χ4v) is 5.17. The van der Waals surface area contributed by atoms with Crippen LogP contribution in [0.2, 0.25) is 0 Å². The molecular weight excluding hydrogens is 410 g/mol. The van der Waals surface area contributed by atoms with Crippen LogP contribution in [-0.2, 0) is 9.59 Å². The molecule has 2 aromatic carbocycles. The van der Waals surface area contributed by atoms with Crippen LogP contribution in [0.3, 0.4) is 0 Å². The Morgan fingerprint density at radius 2 is 1.67 bits per heavy atom. The Balaban J connectivity index is 1.54. The lowest BCUT2D eigenvalue weighted by Crippen LogP contribution is -2.39. The molecule has 0 bridgehead atoms. The van der Waals surface area contributed by atoms with Crippen molar-refractivity contribution >= 4 is 23.1 Å². The number of hydrogen-bond acceptors (Lipinski definition) is 4. The molecule has 1 N–H and O–H groups in total. The van der Waals surface area contributed by atoms with E-state index in [-0.39, 0.29) is 23.5 Å². The largest absolute Gasteiger partial charge is 0.357 e. The SMILES string of the molecule is O=C1C[C@H](c2ccccc2)CC2=C1[C@H](c1cccnc1)N(C(=O)C1CC1)c1ccccc1N2. The van der Waals surface area contributed by atoms with Crippen molar-refractivity contribution in [1.29, 1.82) is 0 Å². The van der Waals surface area contributed by atoms with E-state index in [0.717, 1.165) is 41.9 Å². The fourth-order valence-electron chi connectivity index (χ4n) is 5.17. The van der Waals surface area contributed by atoms with Crippen LogP contribution >= 0.6 is 0 Å². The van der Waals surface area contributed by atoms with E-state index < -0.39 is 6.04 Å². The second-order valence-electron chi connectivity index (χ2n) is 9.14. The highest BCUT2D eigenvalue weighted by Crippen LogP contribution is 2.49. The molecule has 3 aliphatic rings. The summed E-state index contributed by atoms with van der Waals surface area (Å²) in [4.78, 5) is 33.7. The minimum absolute atomic E-state index is 0.0233. The van der Waals surface area contributed by atoms with Crippen LogP contribution in [0.4, 0.5) is 11.4 Å². The molecule has 164 valence electrons. The zero-order valence-corrected chi connectivity index (χ0v) is 18.3. The van der Waals surface area contributed by atoms with E-state index in [1.54, 1.807) is 12.4 Å². The number of fused-ring (bicyclic) bond motifs is 1. The van der Waals surface area contributed by atoms with E-state index in [1.165, 1.54) is 5.56 Å². The third-order valence-corrected chi connectivity index (χ3v) is 6.92. The number of hydrogen-bond donors (Lipinski definition) is 1. The first-order valence-corrected chi connectivity index (χ1v) is 11.6. The molecule has 2 atom stereocenters. The first-order chi connectivity index (χ1) is 16.2. The van der Waals surface area contributed by atoms with Gasteiger partial charge in [0.05, 0.1) is 17.4 Å². The number of aromatic nitrogens is 1. The number of carbonyl (C=O) groups is 2. The zero-order chi connectivity index (χ0) is 22.4. The molecule has 2 heterocycles. The van der Waals surface area contributed by atoms with Crippen LogP contribution in [-0.4, -0.2) is 16.7 Å². The van der Waals surface area contributed by atoms with Crippen molar-refractivity contribution in [2.45, 2.75) is 37.6 Å². The van der Waals surface area contributed by atoms with Crippen LogP contribution in [0.15, 0.2) is 90.4 Å². The van der Waals surface area contributed by atoms with E-state index in [9.17, 15) is 9.59 Å². The smallest absolute Gasteiger partial charge is 0.231 e. The van der Waals surface area contributed by atoms with Crippen LogP contribution in [0.25, 0.3) is 0 Å². The van der Waals surface area contributed by atoms with Gasteiger partial charge in [0, 0.05) is 36.0 Å². The fraction of sp³-hybridized carbons (Fsp3) is 0.250. The molecule has 6 rings (SSSR count). The van der Waals surface area contributed by atoms with Gasteiger partial charge < -0.3 is 5.32 Å². The van der Waals surface area contributed by atoms with Gasteiger partial charge >= 0.3 is 0 Å². The van der Waals surface area contributed by atoms with Crippen LogP contribution < -0.4 is 10.2 Å². The highest BCUT2D eigenvalue weighted by atomic mass is 16.2. The van der Waals surface area contributed by atoms with Crippen molar-refractivity contribution < 1.29 is 9.59 Å². The summed E-state index contributed by atoms with van der Waals surface area (Å²) in [6.07, 6.45) is 6.47. The summed E-state index contributed by atoms with van der Waals surface area (Å²) in [5, 5.41) is 3.58. The molecule has 1 aromatic heterocycles. The highest BCUT2D eigenvalue weighted by Gasteiger charge is 2.45. The summed E-state index contributed by atoms with van der Waals surface area (Å²) in [6.45, 7) is 0. The van der Waals surface area contributed by atoms with Crippen molar-refractivity contribution in [3.05, 3.63) is 102 Å².